The quantitative estimate of drug-likeness (QED) is 0.244. The van der Waals surface area contributed by atoms with Crippen LogP contribution in [0.1, 0.15) is 43.3 Å². The van der Waals surface area contributed by atoms with E-state index in [1.54, 1.807) is 61.1 Å². The highest BCUT2D eigenvalue weighted by molar-refractivity contribution is 6.20. The van der Waals surface area contributed by atoms with Crippen molar-refractivity contribution in [2.75, 3.05) is 56.7 Å². The minimum absolute atomic E-state index is 0.213. The van der Waals surface area contributed by atoms with E-state index in [0.717, 1.165) is 18.5 Å². The van der Waals surface area contributed by atoms with Gasteiger partial charge in [-0.05, 0) is 57.0 Å². The molecule has 218 valence electrons. The molecule has 0 fully saturated rings. The fourth-order valence-corrected chi connectivity index (χ4v) is 4.87. The highest BCUT2D eigenvalue weighted by Gasteiger charge is 2.45. The predicted octanol–water partition coefficient (Wildman–Crippen LogP) is 3.47. The summed E-state index contributed by atoms with van der Waals surface area (Å²) in [6.07, 6.45) is 5.73. The molecule has 1 aromatic carbocycles. The van der Waals surface area contributed by atoms with Crippen LogP contribution in [0.3, 0.4) is 0 Å². The van der Waals surface area contributed by atoms with Crippen molar-refractivity contribution in [1.82, 2.24) is 19.9 Å². The summed E-state index contributed by atoms with van der Waals surface area (Å²) >= 11 is 0. The minimum atomic E-state index is -1.16. The van der Waals surface area contributed by atoms with Crippen LogP contribution >= 0.6 is 0 Å². The van der Waals surface area contributed by atoms with Crippen LogP contribution in [0.2, 0.25) is 0 Å². The van der Waals surface area contributed by atoms with Gasteiger partial charge in [0, 0.05) is 71.3 Å². The molecule has 0 N–H and O–H groups in total. The number of likely N-dealkylation sites (N-methyl/N-ethyl adjacent to an activating group) is 1. The average Bonchev–Trinajstić information content (AvgIpc) is 3.51. The van der Waals surface area contributed by atoms with Gasteiger partial charge in [-0.15, -0.1) is 0 Å². The number of benzene rings is 1. The Bertz CT molecular complexity index is 1340. The van der Waals surface area contributed by atoms with Gasteiger partial charge in [-0.1, -0.05) is 5.16 Å². The van der Waals surface area contributed by atoms with Gasteiger partial charge in [-0.3, -0.25) is 24.3 Å². The van der Waals surface area contributed by atoms with Crippen LogP contribution in [-0.4, -0.2) is 84.5 Å². The number of pyridine rings is 1. The van der Waals surface area contributed by atoms with Gasteiger partial charge in [-0.2, -0.15) is 0 Å². The summed E-state index contributed by atoms with van der Waals surface area (Å²) in [4.78, 5) is 50.0. The Kier molecular flexibility index (Phi) is 9.38. The maximum absolute atomic E-state index is 13.1. The fourth-order valence-electron chi connectivity index (χ4n) is 4.87. The molecule has 3 aromatic rings. The van der Waals surface area contributed by atoms with Crippen LogP contribution in [-0.2, 0) is 16.1 Å². The second-order valence-corrected chi connectivity index (χ2v) is 10.6. The van der Waals surface area contributed by atoms with Crippen molar-refractivity contribution in [3.05, 3.63) is 66.3 Å². The Hall–Kier alpha value is -4.25. The summed E-state index contributed by atoms with van der Waals surface area (Å²) in [6.45, 7) is 8.76. The number of carbonyl (C=O) groups is 3. The van der Waals surface area contributed by atoms with Crippen LogP contribution in [0, 0.1) is 5.41 Å². The van der Waals surface area contributed by atoms with E-state index in [2.05, 4.69) is 15.0 Å². The zero-order chi connectivity index (χ0) is 29.6. The summed E-state index contributed by atoms with van der Waals surface area (Å²) in [5.74, 6) is 0.157. The number of amides is 3. The molecule has 2 aromatic heterocycles. The standard InChI is InChI=1S/C30H38N6O5/c1-6-36-24-9-8-23(20-25(24)34(5)28(38)30(2,3)29(36)39)40-19-7-16-35(21-22-10-13-31-14-11-22)18-17-33(4)27(37)26-12-15-32-41-26/h8-15,20H,6-7,16-19,21H2,1-5H3. The molecule has 0 unspecified atom stereocenters. The van der Waals surface area contributed by atoms with E-state index in [4.69, 9.17) is 9.26 Å². The fraction of sp³-hybridized carbons (Fsp3) is 0.433. The molecule has 3 amide bonds. The van der Waals surface area contributed by atoms with Crippen LogP contribution in [0.25, 0.3) is 0 Å². The van der Waals surface area contributed by atoms with Crippen molar-refractivity contribution in [2.45, 2.75) is 33.7 Å². The summed E-state index contributed by atoms with van der Waals surface area (Å²) in [5.41, 5.74) is 1.31. The first-order valence-electron chi connectivity index (χ1n) is 13.8. The molecule has 4 rings (SSSR count). The van der Waals surface area contributed by atoms with Gasteiger partial charge >= 0.3 is 0 Å². The molecule has 0 saturated carbocycles. The molecule has 1 aliphatic rings. The molecule has 3 heterocycles. The molecule has 0 spiro atoms. The number of anilines is 2. The maximum atomic E-state index is 13.1. The second kappa shape index (κ2) is 12.9. The number of ether oxygens (including phenoxy) is 1. The SMILES string of the molecule is CCN1C(=O)C(C)(C)C(=O)N(C)c2cc(OCCCN(CCN(C)C(=O)c3ccno3)Cc3ccncc3)ccc21. The van der Waals surface area contributed by atoms with E-state index in [-0.39, 0.29) is 23.5 Å². The van der Waals surface area contributed by atoms with Crippen molar-refractivity contribution in [3.8, 4) is 5.75 Å². The van der Waals surface area contributed by atoms with Crippen LogP contribution < -0.4 is 14.5 Å². The van der Waals surface area contributed by atoms with Crippen LogP contribution in [0.4, 0.5) is 11.4 Å². The lowest BCUT2D eigenvalue weighted by Crippen LogP contribution is -2.47. The first kappa shape index (κ1) is 29.7. The molecular weight excluding hydrogens is 524 g/mol. The highest BCUT2D eigenvalue weighted by atomic mass is 16.5. The average molecular weight is 563 g/mol. The number of carbonyl (C=O) groups excluding carboxylic acids is 3. The first-order chi connectivity index (χ1) is 19.6. The minimum Gasteiger partial charge on any atom is -0.493 e. The van der Waals surface area contributed by atoms with Crippen LogP contribution in [0.15, 0.2) is 59.5 Å². The third-order valence-corrected chi connectivity index (χ3v) is 7.32. The number of rotatable bonds is 12. The van der Waals surface area contributed by atoms with Crippen molar-refractivity contribution >= 4 is 29.1 Å². The molecule has 0 radical (unpaired) electrons. The number of aromatic nitrogens is 2. The van der Waals surface area contributed by atoms with E-state index in [1.807, 2.05) is 37.3 Å². The second-order valence-electron chi connectivity index (χ2n) is 10.6. The molecule has 0 atom stereocenters. The normalized spacial score (nSPS) is 14.7. The van der Waals surface area contributed by atoms with Crippen molar-refractivity contribution < 1.29 is 23.6 Å². The predicted molar refractivity (Wildman–Crippen MR) is 155 cm³/mol. The summed E-state index contributed by atoms with van der Waals surface area (Å²) in [5, 5.41) is 3.62. The van der Waals surface area contributed by atoms with Crippen molar-refractivity contribution in [2.24, 2.45) is 5.41 Å². The van der Waals surface area contributed by atoms with Crippen molar-refractivity contribution in [1.29, 1.82) is 0 Å². The summed E-state index contributed by atoms with van der Waals surface area (Å²) in [6, 6.07) is 11.0. The van der Waals surface area contributed by atoms with Gasteiger partial charge in [0.25, 0.3) is 5.91 Å². The Balaban J connectivity index is 1.38. The van der Waals surface area contributed by atoms with E-state index in [1.165, 1.54) is 6.20 Å². The van der Waals surface area contributed by atoms with Gasteiger partial charge in [0.1, 0.15) is 11.2 Å². The molecular formula is C30H38N6O5. The van der Waals surface area contributed by atoms with E-state index >= 15 is 0 Å². The van der Waals surface area contributed by atoms with Crippen LogP contribution in [0.5, 0.6) is 5.75 Å². The smallest absolute Gasteiger partial charge is 0.292 e. The third kappa shape index (κ3) is 6.74. The molecule has 11 heteroatoms. The molecule has 11 nitrogen and oxygen atoms in total. The Labute approximate surface area is 240 Å². The van der Waals surface area contributed by atoms with Gasteiger partial charge < -0.3 is 24.0 Å². The Morgan fingerprint density at radius 3 is 2.44 bits per heavy atom. The lowest BCUT2D eigenvalue weighted by Gasteiger charge is -2.27. The number of hydrogen-bond acceptors (Lipinski definition) is 8. The Morgan fingerprint density at radius 2 is 1.76 bits per heavy atom. The van der Waals surface area contributed by atoms with E-state index in [0.29, 0.717) is 49.9 Å². The van der Waals surface area contributed by atoms with Gasteiger partial charge in [0.05, 0.1) is 24.2 Å². The van der Waals surface area contributed by atoms with Crippen molar-refractivity contribution in [3.63, 3.8) is 0 Å². The largest absolute Gasteiger partial charge is 0.493 e. The third-order valence-electron chi connectivity index (χ3n) is 7.32. The first-order valence-corrected chi connectivity index (χ1v) is 13.8. The zero-order valence-electron chi connectivity index (χ0n) is 24.4. The molecule has 0 saturated heterocycles. The molecule has 41 heavy (non-hydrogen) atoms. The van der Waals surface area contributed by atoms with Gasteiger partial charge in [-0.25, -0.2) is 0 Å². The topological polar surface area (TPSA) is 112 Å². The highest BCUT2D eigenvalue weighted by Crippen LogP contribution is 2.40. The van der Waals surface area contributed by atoms with Gasteiger partial charge in [0.15, 0.2) is 0 Å². The number of hydrogen-bond donors (Lipinski definition) is 0. The molecule has 0 bridgehead atoms. The summed E-state index contributed by atoms with van der Waals surface area (Å²) in [7, 11) is 3.44. The van der Waals surface area contributed by atoms with E-state index < -0.39 is 5.41 Å². The Morgan fingerprint density at radius 1 is 1.00 bits per heavy atom. The van der Waals surface area contributed by atoms with E-state index in [9.17, 15) is 14.4 Å². The zero-order valence-corrected chi connectivity index (χ0v) is 24.4. The summed E-state index contributed by atoms with van der Waals surface area (Å²) < 4.78 is 11.1. The monoisotopic (exact) mass is 562 g/mol. The van der Waals surface area contributed by atoms with Gasteiger partial charge in [0.2, 0.25) is 17.6 Å². The molecule has 0 aliphatic carbocycles. The number of nitrogens with zero attached hydrogens (tertiary/aromatic N) is 6. The maximum Gasteiger partial charge on any atom is 0.292 e. The lowest BCUT2D eigenvalue weighted by molar-refractivity contribution is -0.137. The molecule has 1 aliphatic heterocycles. The number of fused-ring (bicyclic) bond motifs is 1. The lowest BCUT2D eigenvalue weighted by atomic mass is 9.90.